The van der Waals surface area contributed by atoms with Crippen LogP contribution in [0.25, 0.3) is 0 Å². The molecule has 1 aromatic heterocycles. The average Bonchev–Trinajstić information content (AvgIpc) is 2.87. The molecule has 0 atom stereocenters. The number of hydrogen-bond acceptors (Lipinski definition) is 4. The van der Waals surface area contributed by atoms with E-state index in [0.29, 0.717) is 23.1 Å². The molecule has 1 aromatic carbocycles. The minimum absolute atomic E-state index is 0.0532. The first-order valence-electron chi connectivity index (χ1n) is 5.47. The maximum Gasteiger partial charge on any atom is 0.265 e. The third-order valence-electron chi connectivity index (χ3n) is 2.27. The standard InChI is InChI=1S/C11H12ClN3O3S/c1-2-18-11-4-3-8(5-10(11)12)15-19(16,17)9-6-13-14-7-9/h3-7,15H,2H2,1H3,(H,13,14). The van der Waals surface area contributed by atoms with E-state index in [0.717, 1.165) is 0 Å². The van der Waals surface area contributed by atoms with Gasteiger partial charge in [0.15, 0.2) is 0 Å². The monoisotopic (exact) mass is 301 g/mol. The van der Waals surface area contributed by atoms with E-state index in [-0.39, 0.29) is 4.90 Å². The second kappa shape index (κ2) is 5.50. The van der Waals surface area contributed by atoms with Crippen LogP contribution < -0.4 is 9.46 Å². The molecule has 0 aliphatic rings. The highest BCUT2D eigenvalue weighted by Gasteiger charge is 2.15. The average molecular weight is 302 g/mol. The summed E-state index contributed by atoms with van der Waals surface area (Å²) in [7, 11) is -3.66. The van der Waals surface area contributed by atoms with E-state index >= 15 is 0 Å². The Morgan fingerprint density at radius 2 is 2.26 bits per heavy atom. The summed E-state index contributed by atoms with van der Waals surface area (Å²) in [5.74, 6) is 0.510. The van der Waals surface area contributed by atoms with Gasteiger partial charge in [-0.25, -0.2) is 8.42 Å². The largest absolute Gasteiger partial charge is 0.492 e. The van der Waals surface area contributed by atoms with E-state index in [1.807, 2.05) is 6.92 Å². The molecular weight excluding hydrogens is 290 g/mol. The molecule has 2 rings (SSSR count). The molecule has 0 aliphatic carbocycles. The highest BCUT2D eigenvalue weighted by Crippen LogP contribution is 2.28. The molecule has 2 N–H and O–H groups in total. The lowest BCUT2D eigenvalue weighted by Gasteiger charge is -2.09. The van der Waals surface area contributed by atoms with Crippen molar-refractivity contribution >= 4 is 27.3 Å². The van der Waals surface area contributed by atoms with Crippen LogP contribution in [-0.2, 0) is 10.0 Å². The van der Waals surface area contributed by atoms with Gasteiger partial charge in [0.25, 0.3) is 10.0 Å². The number of aromatic amines is 1. The highest BCUT2D eigenvalue weighted by atomic mass is 35.5. The van der Waals surface area contributed by atoms with Gasteiger partial charge in [-0.2, -0.15) is 5.10 Å². The van der Waals surface area contributed by atoms with Crippen molar-refractivity contribution in [3.8, 4) is 5.75 Å². The van der Waals surface area contributed by atoms with E-state index in [9.17, 15) is 8.42 Å². The molecule has 102 valence electrons. The molecule has 0 bridgehead atoms. The zero-order chi connectivity index (χ0) is 13.9. The summed E-state index contributed by atoms with van der Waals surface area (Å²) in [5.41, 5.74) is 0.356. The predicted octanol–water partition coefficient (Wildman–Crippen LogP) is 2.26. The van der Waals surface area contributed by atoms with Crippen LogP contribution in [0.3, 0.4) is 0 Å². The van der Waals surface area contributed by atoms with Crippen molar-refractivity contribution in [2.75, 3.05) is 11.3 Å². The summed E-state index contributed by atoms with van der Waals surface area (Å²) in [6.07, 6.45) is 2.51. The summed E-state index contributed by atoms with van der Waals surface area (Å²) in [4.78, 5) is 0.0532. The number of anilines is 1. The second-order valence-electron chi connectivity index (χ2n) is 3.62. The van der Waals surface area contributed by atoms with Crippen LogP contribution in [0, 0.1) is 0 Å². The minimum atomic E-state index is -3.66. The van der Waals surface area contributed by atoms with E-state index in [1.165, 1.54) is 18.5 Å². The molecule has 19 heavy (non-hydrogen) atoms. The number of sulfonamides is 1. The Balaban J connectivity index is 2.23. The SMILES string of the molecule is CCOc1ccc(NS(=O)(=O)c2cn[nH]c2)cc1Cl. The van der Waals surface area contributed by atoms with Crippen LogP contribution in [0.5, 0.6) is 5.75 Å². The molecule has 0 saturated heterocycles. The van der Waals surface area contributed by atoms with Crippen LogP contribution in [0.4, 0.5) is 5.69 Å². The molecular formula is C11H12ClN3O3S. The first-order chi connectivity index (χ1) is 9.03. The number of nitrogens with one attached hydrogen (secondary N) is 2. The van der Waals surface area contributed by atoms with Gasteiger partial charge in [0, 0.05) is 6.20 Å². The number of ether oxygens (including phenoxy) is 1. The van der Waals surface area contributed by atoms with Crippen LogP contribution >= 0.6 is 11.6 Å². The predicted molar refractivity (Wildman–Crippen MR) is 72.0 cm³/mol. The van der Waals surface area contributed by atoms with Gasteiger partial charge in [-0.05, 0) is 25.1 Å². The normalized spacial score (nSPS) is 11.3. The fourth-order valence-corrected chi connectivity index (χ4v) is 2.63. The molecule has 8 heteroatoms. The van der Waals surface area contributed by atoms with Crippen molar-refractivity contribution in [3.05, 3.63) is 35.6 Å². The number of H-pyrrole nitrogens is 1. The Kier molecular flexibility index (Phi) is 3.96. The van der Waals surface area contributed by atoms with E-state index in [4.69, 9.17) is 16.3 Å². The number of benzene rings is 1. The quantitative estimate of drug-likeness (QED) is 0.887. The smallest absolute Gasteiger partial charge is 0.265 e. The van der Waals surface area contributed by atoms with Crippen molar-refractivity contribution in [2.45, 2.75) is 11.8 Å². The van der Waals surface area contributed by atoms with Gasteiger partial charge in [0.1, 0.15) is 10.6 Å². The van der Waals surface area contributed by atoms with Crippen molar-refractivity contribution < 1.29 is 13.2 Å². The molecule has 0 amide bonds. The molecule has 6 nitrogen and oxygen atoms in total. The van der Waals surface area contributed by atoms with Gasteiger partial charge in [0.2, 0.25) is 0 Å². The Labute approximate surface area is 115 Å². The van der Waals surface area contributed by atoms with Gasteiger partial charge in [0.05, 0.1) is 23.5 Å². The molecule has 2 aromatic rings. The zero-order valence-corrected chi connectivity index (χ0v) is 11.6. The zero-order valence-electron chi connectivity index (χ0n) is 10.1. The van der Waals surface area contributed by atoms with Gasteiger partial charge in [-0.3, -0.25) is 9.82 Å². The van der Waals surface area contributed by atoms with Gasteiger partial charge >= 0.3 is 0 Å². The first-order valence-corrected chi connectivity index (χ1v) is 7.33. The number of hydrogen-bond donors (Lipinski definition) is 2. The van der Waals surface area contributed by atoms with Crippen molar-refractivity contribution in [3.63, 3.8) is 0 Å². The lowest BCUT2D eigenvalue weighted by Crippen LogP contribution is -2.12. The molecule has 0 radical (unpaired) electrons. The molecule has 1 heterocycles. The van der Waals surface area contributed by atoms with E-state index < -0.39 is 10.0 Å². The van der Waals surface area contributed by atoms with Crippen molar-refractivity contribution in [2.24, 2.45) is 0 Å². The summed E-state index contributed by atoms with van der Waals surface area (Å²) >= 11 is 5.98. The topological polar surface area (TPSA) is 84.1 Å². The van der Waals surface area contributed by atoms with Gasteiger partial charge in [-0.15, -0.1) is 0 Å². The molecule has 0 aliphatic heterocycles. The van der Waals surface area contributed by atoms with Crippen LogP contribution in [-0.4, -0.2) is 25.2 Å². The second-order valence-corrected chi connectivity index (χ2v) is 5.71. The van der Waals surface area contributed by atoms with Crippen LogP contribution in [0.1, 0.15) is 6.92 Å². The highest BCUT2D eigenvalue weighted by molar-refractivity contribution is 7.92. The fourth-order valence-electron chi connectivity index (χ4n) is 1.44. The first kappa shape index (κ1) is 13.7. The molecule has 0 fully saturated rings. The summed E-state index contributed by atoms with van der Waals surface area (Å²) in [6.45, 7) is 2.33. The third kappa shape index (κ3) is 3.18. The Morgan fingerprint density at radius 3 is 2.84 bits per heavy atom. The lowest BCUT2D eigenvalue weighted by atomic mass is 10.3. The fraction of sp³-hybridized carbons (Fsp3) is 0.182. The maximum absolute atomic E-state index is 11.9. The molecule has 0 unspecified atom stereocenters. The van der Waals surface area contributed by atoms with Crippen LogP contribution in [0.15, 0.2) is 35.5 Å². The van der Waals surface area contributed by atoms with E-state index in [1.54, 1.807) is 12.1 Å². The number of aromatic nitrogens is 2. The maximum atomic E-state index is 11.9. The van der Waals surface area contributed by atoms with E-state index in [2.05, 4.69) is 14.9 Å². The van der Waals surface area contributed by atoms with Gasteiger partial charge < -0.3 is 4.74 Å². The Bertz CT molecular complexity index is 656. The van der Waals surface area contributed by atoms with Crippen LogP contribution in [0.2, 0.25) is 5.02 Å². The molecule has 0 spiro atoms. The summed E-state index contributed by atoms with van der Waals surface area (Å²) < 4.78 is 31.6. The Hall–Kier alpha value is -1.73. The number of rotatable bonds is 5. The van der Waals surface area contributed by atoms with Gasteiger partial charge in [-0.1, -0.05) is 11.6 Å². The summed E-state index contributed by atoms with van der Waals surface area (Å²) in [5, 5.41) is 6.38. The third-order valence-corrected chi connectivity index (χ3v) is 3.91. The number of nitrogens with zero attached hydrogens (tertiary/aromatic N) is 1. The van der Waals surface area contributed by atoms with Crippen molar-refractivity contribution in [1.29, 1.82) is 0 Å². The molecule has 0 saturated carbocycles. The number of halogens is 1. The minimum Gasteiger partial charge on any atom is -0.492 e. The van der Waals surface area contributed by atoms with Crippen molar-refractivity contribution in [1.82, 2.24) is 10.2 Å². The lowest BCUT2D eigenvalue weighted by molar-refractivity contribution is 0.340. The summed E-state index contributed by atoms with van der Waals surface area (Å²) in [6, 6.07) is 4.68. The Morgan fingerprint density at radius 1 is 1.47 bits per heavy atom.